The molecule has 0 bridgehead atoms. The van der Waals surface area contributed by atoms with Gasteiger partial charge in [0.05, 0.1) is 23.7 Å². The molecule has 0 aliphatic heterocycles. The third kappa shape index (κ3) is 1.58. The van der Waals surface area contributed by atoms with E-state index in [1.54, 1.807) is 0 Å². The largest absolute Gasteiger partial charge is 0.481 e. The molecule has 0 radical (unpaired) electrons. The van der Waals surface area contributed by atoms with Gasteiger partial charge in [0, 0.05) is 0 Å². The first kappa shape index (κ1) is 12.0. The molecule has 4 N–H and O–H groups in total. The van der Waals surface area contributed by atoms with Gasteiger partial charge in [0.25, 0.3) is 0 Å². The van der Waals surface area contributed by atoms with Crippen LogP contribution in [0.25, 0.3) is 0 Å². The summed E-state index contributed by atoms with van der Waals surface area (Å²) in [6.45, 7) is 0. The van der Waals surface area contributed by atoms with Gasteiger partial charge < -0.3 is 20.4 Å². The van der Waals surface area contributed by atoms with Crippen molar-refractivity contribution in [3.63, 3.8) is 0 Å². The summed E-state index contributed by atoms with van der Waals surface area (Å²) in [6.07, 6.45) is 0. The van der Waals surface area contributed by atoms with Crippen LogP contribution in [0.1, 0.15) is 0 Å². The van der Waals surface area contributed by atoms with Crippen molar-refractivity contribution in [1.82, 2.24) is 0 Å². The fraction of sp³-hybridized carbons (Fsp3) is 0.500. The molecular weight excluding hydrogens is 224 g/mol. The van der Waals surface area contributed by atoms with Crippen LogP contribution in [0.2, 0.25) is 0 Å². The summed E-state index contributed by atoms with van der Waals surface area (Å²) >= 11 is 0. The summed E-state index contributed by atoms with van der Waals surface area (Å²) in [5.74, 6) is -13.2. The van der Waals surface area contributed by atoms with Gasteiger partial charge in [-0.15, -0.1) is 0 Å². The molecule has 0 heterocycles. The van der Waals surface area contributed by atoms with Crippen LogP contribution in [-0.4, -0.2) is 44.3 Å². The Hall–Kier alpha value is -2.12. The van der Waals surface area contributed by atoms with E-state index in [-0.39, 0.29) is 0 Å². The van der Waals surface area contributed by atoms with Gasteiger partial charge in [-0.1, -0.05) is 0 Å². The molecule has 0 aromatic rings. The Bertz CT molecular complexity index is 292. The molecule has 1 rings (SSSR count). The molecule has 8 heteroatoms. The highest BCUT2D eigenvalue weighted by molar-refractivity contribution is 5.95. The van der Waals surface area contributed by atoms with Crippen molar-refractivity contribution in [3.8, 4) is 0 Å². The molecule has 0 amide bonds. The average Bonchev–Trinajstić information content (AvgIpc) is 1.97. The van der Waals surface area contributed by atoms with E-state index in [1.807, 2.05) is 0 Å². The lowest BCUT2D eigenvalue weighted by molar-refractivity contribution is -0.191. The van der Waals surface area contributed by atoms with E-state index in [0.29, 0.717) is 0 Å². The van der Waals surface area contributed by atoms with Gasteiger partial charge in [-0.2, -0.15) is 0 Å². The van der Waals surface area contributed by atoms with Crippen molar-refractivity contribution in [2.24, 2.45) is 23.7 Å². The molecule has 0 atom stereocenters. The maximum atomic E-state index is 10.7. The molecule has 0 aromatic heterocycles. The van der Waals surface area contributed by atoms with Crippen molar-refractivity contribution >= 4 is 23.9 Å². The van der Waals surface area contributed by atoms with E-state index < -0.39 is 47.5 Å². The summed E-state index contributed by atoms with van der Waals surface area (Å²) in [5.41, 5.74) is 0. The Morgan fingerprint density at radius 3 is 0.688 bits per heavy atom. The molecular formula is C8H8O8. The monoisotopic (exact) mass is 232 g/mol. The second kappa shape index (κ2) is 3.80. The van der Waals surface area contributed by atoms with Gasteiger partial charge in [-0.25, -0.2) is 0 Å². The van der Waals surface area contributed by atoms with Gasteiger partial charge in [0.1, 0.15) is 0 Å². The summed E-state index contributed by atoms with van der Waals surface area (Å²) in [5, 5.41) is 34.6. The second-order valence-corrected chi connectivity index (χ2v) is 3.46. The van der Waals surface area contributed by atoms with Crippen molar-refractivity contribution in [1.29, 1.82) is 0 Å². The van der Waals surface area contributed by atoms with Crippen LogP contribution in [0, 0.1) is 23.7 Å². The van der Waals surface area contributed by atoms with Crippen molar-refractivity contribution in [2.75, 3.05) is 0 Å². The lowest BCUT2D eigenvalue weighted by Crippen LogP contribution is -2.59. The van der Waals surface area contributed by atoms with E-state index in [1.165, 1.54) is 0 Å². The van der Waals surface area contributed by atoms with Crippen LogP contribution in [-0.2, 0) is 19.2 Å². The van der Waals surface area contributed by atoms with Crippen molar-refractivity contribution < 1.29 is 39.6 Å². The van der Waals surface area contributed by atoms with E-state index in [9.17, 15) is 19.2 Å². The Labute approximate surface area is 88.1 Å². The minimum absolute atomic E-state index is 1.61. The molecule has 88 valence electrons. The highest BCUT2D eigenvalue weighted by atomic mass is 16.4. The second-order valence-electron chi connectivity index (χ2n) is 3.46. The molecule has 16 heavy (non-hydrogen) atoms. The molecule has 1 fully saturated rings. The number of carbonyl (C=O) groups is 4. The predicted octanol–water partition coefficient (Wildman–Crippen LogP) is -1.20. The number of aliphatic carboxylic acids is 4. The number of hydrogen-bond acceptors (Lipinski definition) is 4. The lowest BCUT2D eigenvalue weighted by atomic mass is 9.56. The van der Waals surface area contributed by atoms with E-state index in [4.69, 9.17) is 20.4 Å². The average molecular weight is 232 g/mol. The van der Waals surface area contributed by atoms with Gasteiger partial charge >= 0.3 is 23.9 Å². The minimum Gasteiger partial charge on any atom is -0.481 e. The maximum absolute atomic E-state index is 10.7. The first-order chi connectivity index (χ1) is 7.29. The zero-order valence-corrected chi connectivity index (χ0v) is 7.73. The first-order valence-electron chi connectivity index (χ1n) is 4.20. The molecule has 1 aliphatic carbocycles. The summed E-state index contributed by atoms with van der Waals surface area (Å²) < 4.78 is 0. The predicted molar refractivity (Wildman–Crippen MR) is 44.5 cm³/mol. The smallest absolute Gasteiger partial charge is 0.308 e. The highest BCUT2D eigenvalue weighted by Crippen LogP contribution is 2.46. The molecule has 0 spiro atoms. The number of carboxylic acids is 4. The Balaban J connectivity index is 3.08. The molecule has 1 saturated carbocycles. The minimum atomic E-state index is -1.70. The number of carboxylic acid groups (broad SMARTS) is 4. The zero-order chi connectivity index (χ0) is 12.6. The van der Waals surface area contributed by atoms with Crippen molar-refractivity contribution in [3.05, 3.63) is 0 Å². The third-order valence-electron chi connectivity index (χ3n) is 2.69. The fourth-order valence-electron chi connectivity index (χ4n) is 1.98. The van der Waals surface area contributed by atoms with Gasteiger partial charge in [0.15, 0.2) is 0 Å². The highest BCUT2D eigenvalue weighted by Gasteiger charge is 2.64. The van der Waals surface area contributed by atoms with Gasteiger partial charge in [-0.05, 0) is 0 Å². The Kier molecular flexibility index (Phi) is 2.84. The van der Waals surface area contributed by atoms with Gasteiger partial charge in [-0.3, -0.25) is 19.2 Å². The molecule has 0 aromatic carbocycles. The van der Waals surface area contributed by atoms with Crippen LogP contribution < -0.4 is 0 Å². The van der Waals surface area contributed by atoms with Crippen LogP contribution in [0.5, 0.6) is 0 Å². The summed E-state index contributed by atoms with van der Waals surface area (Å²) in [4.78, 5) is 42.6. The van der Waals surface area contributed by atoms with Crippen LogP contribution in [0.15, 0.2) is 0 Å². The summed E-state index contributed by atoms with van der Waals surface area (Å²) in [7, 11) is 0. The van der Waals surface area contributed by atoms with Crippen LogP contribution >= 0.6 is 0 Å². The van der Waals surface area contributed by atoms with Gasteiger partial charge in [0.2, 0.25) is 0 Å². The topological polar surface area (TPSA) is 149 Å². The van der Waals surface area contributed by atoms with E-state index in [2.05, 4.69) is 0 Å². The quantitative estimate of drug-likeness (QED) is 0.472. The standard InChI is InChI=1S/C8H8O8/c9-5(10)1-2(6(11)12)4(8(15)16)3(1)7(13)14/h1-4H,(H,9,10)(H,11,12)(H,13,14)(H,15,16)/t1-,2+,3?,4?. The third-order valence-corrected chi connectivity index (χ3v) is 2.69. The number of rotatable bonds is 4. The number of hydrogen-bond donors (Lipinski definition) is 4. The Morgan fingerprint density at radius 2 is 0.625 bits per heavy atom. The molecule has 8 nitrogen and oxygen atoms in total. The zero-order valence-electron chi connectivity index (χ0n) is 7.73. The summed E-state index contributed by atoms with van der Waals surface area (Å²) in [6, 6.07) is 0. The molecule has 0 saturated heterocycles. The normalized spacial score (nSPS) is 32.5. The maximum Gasteiger partial charge on any atom is 0.308 e. The van der Waals surface area contributed by atoms with Crippen LogP contribution in [0.4, 0.5) is 0 Å². The Morgan fingerprint density at radius 1 is 0.500 bits per heavy atom. The van der Waals surface area contributed by atoms with Crippen molar-refractivity contribution in [2.45, 2.75) is 0 Å². The molecule has 1 aliphatic rings. The SMILES string of the molecule is O=C(O)C1C(C(=O)O)[C@H](C(=O)O)[C@@H]1C(=O)O. The fourth-order valence-corrected chi connectivity index (χ4v) is 1.98. The first-order valence-corrected chi connectivity index (χ1v) is 4.20. The molecule has 0 unspecified atom stereocenters. The van der Waals surface area contributed by atoms with E-state index in [0.717, 1.165) is 0 Å². The van der Waals surface area contributed by atoms with Crippen LogP contribution in [0.3, 0.4) is 0 Å². The van der Waals surface area contributed by atoms with E-state index >= 15 is 0 Å². The lowest BCUT2D eigenvalue weighted by Gasteiger charge is -2.42.